The number of carbonyl (C=O) groups excluding carboxylic acids is 3. The summed E-state index contributed by atoms with van der Waals surface area (Å²) in [5.41, 5.74) is 2.92. The third-order valence-electron chi connectivity index (χ3n) is 7.31. The number of hydrogen-bond acceptors (Lipinski definition) is 9. The van der Waals surface area contributed by atoms with E-state index in [4.69, 9.17) is 11.6 Å². The van der Waals surface area contributed by atoms with Crippen molar-refractivity contribution in [2.24, 2.45) is 0 Å². The van der Waals surface area contributed by atoms with Crippen LogP contribution in [0.3, 0.4) is 0 Å². The molecule has 1 amide bonds. The Hall–Kier alpha value is -4.42. The van der Waals surface area contributed by atoms with Gasteiger partial charge in [0.25, 0.3) is 0 Å². The number of aryl methyl sites for hydroxylation is 1. The highest BCUT2D eigenvalue weighted by Gasteiger charge is 2.40. The highest BCUT2D eigenvalue weighted by atomic mass is 35.5. The molecule has 218 valence electrons. The summed E-state index contributed by atoms with van der Waals surface area (Å²) in [5.74, 6) is -0.200. The van der Waals surface area contributed by atoms with Gasteiger partial charge in [-0.3, -0.25) is 19.1 Å². The molecule has 10 nitrogen and oxygen atoms in total. The normalized spacial score (nSPS) is 16.6. The van der Waals surface area contributed by atoms with Crippen LogP contribution in [0.5, 0.6) is 0 Å². The average molecular weight is 618 g/mol. The molecule has 0 spiro atoms. The van der Waals surface area contributed by atoms with E-state index < -0.39 is 18.1 Å². The lowest BCUT2D eigenvalue weighted by molar-refractivity contribution is -0.138. The summed E-state index contributed by atoms with van der Waals surface area (Å²) in [6.45, 7) is 2.72. The predicted molar refractivity (Wildman–Crippen MR) is 160 cm³/mol. The smallest absolute Gasteiger partial charge is 0.245 e. The molecule has 6 rings (SSSR count). The maximum atomic E-state index is 14.6. The van der Waals surface area contributed by atoms with E-state index in [1.54, 1.807) is 43.7 Å². The van der Waals surface area contributed by atoms with Gasteiger partial charge < -0.3 is 4.90 Å². The van der Waals surface area contributed by atoms with Crippen LogP contribution in [0.25, 0.3) is 32.6 Å². The number of carbonyl (C=O) groups is 3. The van der Waals surface area contributed by atoms with Gasteiger partial charge in [-0.2, -0.15) is 5.10 Å². The largest absolute Gasteiger partial charge is 0.328 e. The van der Waals surface area contributed by atoms with Crippen molar-refractivity contribution in [2.75, 3.05) is 6.54 Å². The highest BCUT2D eigenvalue weighted by molar-refractivity contribution is 7.14. The van der Waals surface area contributed by atoms with Crippen LogP contribution in [0, 0.1) is 6.92 Å². The number of rotatable bonds is 8. The van der Waals surface area contributed by atoms with E-state index in [2.05, 4.69) is 25.0 Å². The standard InChI is InChI=1S/C30H25ClFN7O3S/c1-16(40)29-21-9-18(19-12-34-17(2)35-13-19)3-4-24(21)39(37-29)15-28(42)38-14-20(32)10-25(38)26(41)11-27-33-7-5-23(36-27)30-22(31)6-8-43-30/h3-9,12-13,20,25H,10-11,14-15H2,1-2H3/t20-,25+/m1/s1. The zero-order chi connectivity index (χ0) is 30.2. The second-order valence-corrected chi connectivity index (χ2v) is 11.6. The summed E-state index contributed by atoms with van der Waals surface area (Å²) in [5, 5.41) is 7.39. The molecule has 0 N–H and O–H groups in total. The number of amides is 1. The second-order valence-electron chi connectivity index (χ2n) is 10.3. The number of thiophene rings is 1. The Morgan fingerprint density at radius 3 is 2.60 bits per heavy atom. The molecule has 0 aliphatic carbocycles. The number of hydrogen-bond donors (Lipinski definition) is 0. The lowest BCUT2D eigenvalue weighted by Gasteiger charge is -2.23. The van der Waals surface area contributed by atoms with Crippen LogP contribution in [-0.4, -0.2) is 70.8 Å². The van der Waals surface area contributed by atoms with E-state index in [0.717, 1.165) is 16.0 Å². The number of aromatic nitrogens is 6. The van der Waals surface area contributed by atoms with Gasteiger partial charge >= 0.3 is 0 Å². The first-order chi connectivity index (χ1) is 20.7. The van der Waals surface area contributed by atoms with Crippen LogP contribution >= 0.6 is 22.9 Å². The first kappa shape index (κ1) is 28.7. The van der Waals surface area contributed by atoms with Crippen molar-refractivity contribution < 1.29 is 18.8 Å². The van der Waals surface area contributed by atoms with Gasteiger partial charge in [-0.15, -0.1) is 11.3 Å². The molecule has 1 aromatic carbocycles. The minimum absolute atomic E-state index is 0.110. The maximum absolute atomic E-state index is 14.6. The van der Waals surface area contributed by atoms with E-state index in [1.807, 2.05) is 17.5 Å². The Kier molecular flexibility index (Phi) is 7.80. The zero-order valence-electron chi connectivity index (χ0n) is 23.2. The van der Waals surface area contributed by atoms with E-state index in [-0.39, 0.29) is 49.0 Å². The molecule has 1 saturated heterocycles. The fourth-order valence-corrected chi connectivity index (χ4v) is 6.35. The van der Waals surface area contributed by atoms with Crippen LogP contribution in [0.4, 0.5) is 4.39 Å². The molecule has 13 heteroatoms. The van der Waals surface area contributed by atoms with Gasteiger partial charge in [0.2, 0.25) is 5.91 Å². The third kappa shape index (κ3) is 5.80. The van der Waals surface area contributed by atoms with Crippen molar-refractivity contribution in [3.8, 4) is 21.7 Å². The fourth-order valence-electron chi connectivity index (χ4n) is 5.23. The molecule has 5 aromatic rings. The zero-order valence-corrected chi connectivity index (χ0v) is 24.8. The molecule has 5 heterocycles. The SMILES string of the molecule is CC(=O)c1nn(CC(=O)N2C[C@H](F)C[C@H]2C(=O)Cc2nccc(-c3sccc3Cl)n2)c2ccc(-c3cnc(C)nc3)cc12. The summed E-state index contributed by atoms with van der Waals surface area (Å²) in [6, 6.07) is 7.91. The molecular formula is C30H25ClFN7O3S. The average Bonchev–Trinajstić information content (AvgIpc) is 3.70. The maximum Gasteiger partial charge on any atom is 0.245 e. The summed E-state index contributed by atoms with van der Waals surface area (Å²) >= 11 is 7.66. The molecule has 0 bridgehead atoms. The molecule has 1 aliphatic heterocycles. The number of halogens is 2. The van der Waals surface area contributed by atoms with Crippen molar-refractivity contribution in [2.45, 2.75) is 45.4 Å². The van der Waals surface area contributed by atoms with Gasteiger partial charge in [-0.25, -0.2) is 24.3 Å². The summed E-state index contributed by atoms with van der Waals surface area (Å²) in [6.07, 6.45) is 3.31. The highest BCUT2D eigenvalue weighted by Crippen LogP contribution is 2.32. The van der Waals surface area contributed by atoms with E-state index in [0.29, 0.717) is 27.4 Å². The Morgan fingerprint density at radius 2 is 1.88 bits per heavy atom. The predicted octanol–water partition coefficient (Wildman–Crippen LogP) is 4.93. The number of nitrogens with zero attached hydrogens (tertiary/aromatic N) is 7. The molecule has 0 unspecified atom stereocenters. The van der Waals surface area contributed by atoms with Crippen LogP contribution in [0.2, 0.25) is 5.02 Å². The summed E-state index contributed by atoms with van der Waals surface area (Å²) in [4.78, 5) is 58.5. The minimum Gasteiger partial charge on any atom is -0.328 e. The van der Waals surface area contributed by atoms with Gasteiger partial charge in [0.15, 0.2) is 11.6 Å². The van der Waals surface area contributed by atoms with Crippen LogP contribution in [0.15, 0.2) is 54.3 Å². The monoisotopic (exact) mass is 617 g/mol. The number of Topliss-reactive ketones (excluding diaryl/α,β-unsaturated/α-hetero) is 2. The number of ketones is 2. The van der Waals surface area contributed by atoms with Crippen molar-refractivity contribution >= 4 is 51.3 Å². The van der Waals surface area contributed by atoms with Crippen LogP contribution in [-0.2, 0) is 22.6 Å². The lowest BCUT2D eigenvalue weighted by atomic mass is 10.0. The number of likely N-dealkylation sites (tertiary alicyclic amines) is 1. The second kappa shape index (κ2) is 11.7. The third-order valence-corrected chi connectivity index (χ3v) is 8.68. The van der Waals surface area contributed by atoms with Gasteiger partial charge in [-0.05, 0) is 42.1 Å². The number of fused-ring (bicyclic) bond motifs is 1. The molecular weight excluding hydrogens is 593 g/mol. The molecule has 4 aromatic heterocycles. The van der Waals surface area contributed by atoms with Crippen molar-refractivity contribution in [3.63, 3.8) is 0 Å². The van der Waals surface area contributed by atoms with Gasteiger partial charge in [0.1, 0.15) is 30.1 Å². The minimum atomic E-state index is -1.35. The first-order valence-electron chi connectivity index (χ1n) is 13.5. The fraction of sp³-hybridized carbons (Fsp3) is 0.267. The van der Waals surface area contributed by atoms with E-state index >= 15 is 0 Å². The molecule has 1 fully saturated rings. The molecule has 43 heavy (non-hydrogen) atoms. The Labute approximate surface area is 254 Å². The van der Waals surface area contributed by atoms with E-state index in [1.165, 1.54) is 27.8 Å². The van der Waals surface area contributed by atoms with Gasteiger partial charge in [0, 0.05) is 42.9 Å². The molecule has 2 atom stereocenters. The van der Waals surface area contributed by atoms with Crippen LogP contribution in [0.1, 0.15) is 35.5 Å². The van der Waals surface area contributed by atoms with E-state index in [9.17, 15) is 18.8 Å². The Bertz CT molecular complexity index is 1870. The summed E-state index contributed by atoms with van der Waals surface area (Å²) < 4.78 is 16.1. The lowest BCUT2D eigenvalue weighted by Crippen LogP contribution is -2.43. The Balaban J connectivity index is 1.23. The number of benzene rings is 1. The van der Waals surface area contributed by atoms with Gasteiger partial charge in [0.05, 0.1) is 40.1 Å². The quantitative estimate of drug-likeness (QED) is 0.225. The molecule has 1 aliphatic rings. The molecule has 0 saturated carbocycles. The van der Waals surface area contributed by atoms with Crippen molar-refractivity contribution in [3.05, 3.63) is 76.7 Å². The topological polar surface area (TPSA) is 124 Å². The molecule has 0 radical (unpaired) electrons. The first-order valence-corrected chi connectivity index (χ1v) is 14.8. The van der Waals surface area contributed by atoms with Crippen molar-refractivity contribution in [1.82, 2.24) is 34.6 Å². The summed E-state index contributed by atoms with van der Waals surface area (Å²) in [7, 11) is 0. The van der Waals surface area contributed by atoms with Gasteiger partial charge in [-0.1, -0.05) is 17.7 Å². The van der Waals surface area contributed by atoms with Crippen molar-refractivity contribution in [1.29, 1.82) is 0 Å². The Morgan fingerprint density at radius 1 is 1.09 bits per heavy atom. The van der Waals surface area contributed by atoms with Crippen LogP contribution < -0.4 is 0 Å². The number of alkyl halides is 1.